The van der Waals surface area contributed by atoms with Crippen molar-refractivity contribution < 1.29 is 14.3 Å². The van der Waals surface area contributed by atoms with Crippen LogP contribution in [0.4, 0.5) is 10.5 Å². The zero-order chi connectivity index (χ0) is 17.6. The van der Waals surface area contributed by atoms with Gasteiger partial charge in [0.05, 0.1) is 25.5 Å². The van der Waals surface area contributed by atoms with Gasteiger partial charge in [-0.05, 0) is 42.3 Å². The third-order valence-electron chi connectivity index (χ3n) is 3.65. The Bertz CT molecular complexity index is 809. The standard InChI is InChI=1S/C18H20N4O3/c1-13-9-20-22(11-13)12-14-4-6-15(7-5-14)21-18(24)19-10-16(23)17-3-2-8-25-17/h2-9,11,16,23H,10,12H2,1H3,(H2,19,21,24). The van der Waals surface area contributed by atoms with Gasteiger partial charge < -0.3 is 20.2 Å². The van der Waals surface area contributed by atoms with Crippen molar-refractivity contribution in [1.29, 1.82) is 0 Å². The number of nitrogens with zero attached hydrogens (tertiary/aromatic N) is 2. The van der Waals surface area contributed by atoms with E-state index in [0.29, 0.717) is 18.0 Å². The maximum absolute atomic E-state index is 11.9. The second kappa shape index (κ2) is 7.67. The van der Waals surface area contributed by atoms with Gasteiger partial charge in [-0.2, -0.15) is 5.10 Å². The van der Waals surface area contributed by atoms with Crippen LogP contribution in [0, 0.1) is 6.92 Å². The van der Waals surface area contributed by atoms with Gasteiger partial charge in [-0.15, -0.1) is 0 Å². The monoisotopic (exact) mass is 340 g/mol. The van der Waals surface area contributed by atoms with E-state index in [9.17, 15) is 9.90 Å². The lowest BCUT2D eigenvalue weighted by molar-refractivity contribution is 0.149. The zero-order valence-corrected chi connectivity index (χ0v) is 13.8. The summed E-state index contributed by atoms with van der Waals surface area (Å²) in [6, 6.07) is 10.5. The summed E-state index contributed by atoms with van der Waals surface area (Å²) < 4.78 is 6.94. The van der Waals surface area contributed by atoms with Crippen LogP contribution in [0.1, 0.15) is 23.0 Å². The number of aliphatic hydroxyl groups is 1. The van der Waals surface area contributed by atoms with Crippen molar-refractivity contribution in [3.63, 3.8) is 0 Å². The van der Waals surface area contributed by atoms with E-state index in [-0.39, 0.29) is 12.6 Å². The molecule has 0 saturated carbocycles. The van der Waals surface area contributed by atoms with Gasteiger partial charge in [0.1, 0.15) is 11.9 Å². The van der Waals surface area contributed by atoms with E-state index in [1.807, 2.05) is 48.3 Å². The van der Waals surface area contributed by atoms with Gasteiger partial charge in [0.25, 0.3) is 0 Å². The third kappa shape index (κ3) is 4.71. The Balaban J connectivity index is 1.48. The highest BCUT2D eigenvalue weighted by atomic mass is 16.4. The minimum Gasteiger partial charge on any atom is -0.467 e. The molecule has 0 spiro atoms. The first-order valence-corrected chi connectivity index (χ1v) is 7.94. The molecule has 3 aromatic rings. The van der Waals surface area contributed by atoms with Crippen LogP contribution in [0.15, 0.2) is 59.5 Å². The molecule has 130 valence electrons. The predicted molar refractivity (Wildman–Crippen MR) is 93.2 cm³/mol. The molecule has 2 amide bonds. The highest BCUT2D eigenvalue weighted by Gasteiger charge is 2.11. The molecular formula is C18H20N4O3. The number of aliphatic hydroxyl groups excluding tert-OH is 1. The Kier molecular flexibility index (Phi) is 5.15. The van der Waals surface area contributed by atoms with Crippen LogP contribution in [-0.4, -0.2) is 27.5 Å². The lowest BCUT2D eigenvalue weighted by Crippen LogP contribution is -2.32. The molecule has 3 N–H and O–H groups in total. The molecule has 25 heavy (non-hydrogen) atoms. The summed E-state index contributed by atoms with van der Waals surface area (Å²) in [6.07, 6.45) is 4.40. The van der Waals surface area contributed by atoms with E-state index in [0.717, 1.165) is 11.1 Å². The number of carbonyl (C=O) groups is 1. The molecule has 0 aliphatic carbocycles. The van der Waals surface area contributed by atoms with E-state index in [1.54, 1.807) is 12.1 Å². The summed E-state index contributed by atoms with van der Waals surface area (Å²) in [5.74, 6) is 0.415. The van der Waals surface area contributed by atoms with Crippen molar-refractivity contribution in [3.05, 3.63) is 71.9 Å². The van der Waals surface area contributed by atoms with Crippen LogP contribution >= 0.6 is 0 Å². The molecule has 2 aromatic heterocycles. The fourth-order valence-electron chi connectivity index (χ4n) is 2.38. The van der Waals surface area contributed by atoms with E-state index >= 15 is 0 Å². The van der Waals surface area contributed by atoms with Crippen molar-refractivity contribution >= 4 is 11.7 Å². The van der Waals surface area contributed by atoms with Crippen molar-refractivity contribution in [3.8, 4) is 0 Å². The molecule has 0 radical (unpaired) electrons. The Morgan fingerprint density at radius 1 is 1.32 bits per heavy atom. The topological polar surface area (TPSA) is 92.3 Å². The number of benzene rings is 1. The lowest BCUT2D eigenvalue weighted by Gasteiger charge is -2.11. The smallest absolute Gasteiger partial charge is 0.319 e. The number of hydrogen-bond donors (Lipinski definition) is 3. The Morgan fingerprint density at radius 2 is 2.12 bits per heavy atom. The lowest BCUT2D eigenvalue weighted by atomic mass is 10.2. The second-order valence-corrected chi connectivity index (χ2v) is 5.78. The van der Waals surface area contributed by atoms with Crippen LogP contribution in [0.2, 0.25) is 0 Å². The van der Waals surface area contributed by atoms with Crippen LogP contribution in [0.3, 0.4) is 0 Å². The minimum atomic E-state index is -0.874. The average Bonchev–Trinajstić information content (AvgIpc) is 3.26. The molecule has 1 aromatic carbocycles. The van der Waals surface area contributed by atoms with Gasteiger partial charge in [-0.25, -0.2) is 4.79 Å². The first-order valence-electron chi connectivity index (χ1n) is 7.94. The molecule has 1 unspecified atom stereocenters. The number of furan rings is 1. The van der Waals surface area contributed by atoms with Crippen LogP contribution in [0.5, 0.6) is 0 Å². The number of carbonyl (C=O) groups excluding carboxylic acids is 1. The highest BCUT2D eigenvalue weighted by Crippen LogP contribution is 2.13. The van der Waals surface area contributed by atoms with Crippen LogP contribution < -0.4 is 10.6 Å². The van der Waals surface area contributed by atoms with Gasteiger partial charge in [-0.3, -0.25) is 4.68 Å². The van der Waals surface area contributed by atoms with Gasteiger partial charge in [0.2, 0.25) is 0 Å². The Labute approximate surface area is 145 Å². The molecule has 0 bridgehead atoms. The molecule has 0 aliphatic rings. The molecule has 0 aliphatic heterocycles. The van der Waals surface area contributed by atoms with E-state index < -0.39 is 6.10 Å². The molecule has 7 nitrogen and oxygen atoms in total. The van der Waals surface area contributed by atoms with E-state index in [2.05, 4.69) is 15.7 Å². The number of aromatic nitrogens is 2. The molecular weight excluding hydrogens is 320 g/mol. The van der Waals surface area contributed by atoms with Crippen molar-refractivity contribution in [1.82, 2.24) is 15.1 Å². The van der Waals surface area contributed by atoms with Gasteiger partial charge >= 0.3 is 6.03 Å². The van der Waals surface area contributed by atoms with Crippen molar-refractivity contribution in [2.24, 2.45) is 0 Å². The number of urea groups is 1. The fraction of sp³-hybridized carbons (Fsp3) is 0.222. The largest absolute Gasteiger partial charge is 0.467 e. The van der Waals surface area contributed by atoms with Crippen molar-refractivity contribution in [2.45, 2.75) is 19.6 Å². The van der Waals surface area contributed by atoms with Crippen molar-refractivity contribution in [2.75, 3.05) is 11.9 Å². The third-order valence-corrected chi connectivity index (χ3v) is 3.65. The number of anilines is 1. The summed E-state index contributed by atoms with van der Waals surface area (Å²) in [7, 11) is 0. The number of amides is 2. The summed E-state index contributed by atoms with van der Waals surface area (Å²) in [5, 5.41) is 19.4. The normalized spacial score (nSPS) is 11.9. The summed E-state index contributed by atoms with van der Waals surface area (Å²) in [6.45, 7) is 2.74. The first kappa shape index (κ1) is 16.8. The summed E-state index contributed by atoms with van der Waals surface area (Å²) >= 11 is 0. The van der Waals surface area contributed by atoms with E-state index in [1.165, 1.54) is 6.26 Å². The summed E-state index contributed by atoms with van der Waals surface area (Å²) in [5.41, 5.74) is 2.87. The number of aryl methyl sites for hydroxylation is 1. The average molecular weight is 340 g/mol. The highest BCUT2D eigenvalue weighted by molar-refractivity contribution is 5.89. The number of hydrogen-bond acceptors (Lipinski definition) is 4. The first-order chi connectivity index (χ1) is 12.1. The maximum Gasteiger partial charge on any atom is 0.319 e. The predicted octanol–water partition coefficient (Wildman–Crippen LogP) is 2.69. The molecule has 0 fully saturated rings. The van der Waals surface area contributed by atoms with Crippen LogP contribution in [-0.2, 0) is 6.54 Å². The van der Waals surface area contributed by atoms with Gasteiger partial charge in [0.15, 0.2) is 0 Å². The van der Waals surface area contributed by atoms with E-state index in [4.69, 9.17) is 4.42 Å². The summed E-state index contributed by atoms with van der Waals surface area (Å²) in [4.78, 5) is 11.9. The molecule has 2 heterocycles. The molecule has 7 heteroatoms. The zero-order valence-electron chi connectivity index (χ0n) is 13.8. The SMILES string of the molecule is Cc1cnn(Cc2ccc(NC(=O)NCC(O)c3ccco3)cc2)c1. The fourth-order valence-corrected chi connectivity index (χ4v) is 2.38. The molecule has 1 atom stereocenters. The Hall–Kier alpha value is -3.06. The number of rotatable bonds is 6. The second-order valence-electron chi connectivity index (χ2n) is 5.78. The minimum absolute atomic E-state index is 0.0656. The van der Waals surface area contributed by atoms with Crippen LogP contribution in [0.25, 0.3) is 0 Å². The number of nitrogens with one attached hydrogen (secondary N) is 2. The maximum atomic E-state index is 11.9. The van der Waals surface area contributed by atoms with Gasteiger partial charge in [-0.1, -0.05) is 12.1 Å². The molecule has 0 saturated heterocycles. The quantitative estimate of drug-likeness (QED) is 0.643. The van der Waals surface area contributed by atoms with Gasteiger partial charge in [0, 0.05) is 11.9 Å². The molecule has 3 rings (SSSR count). The Morgan fingerprint density at radius 3 is 2.76 bits per heavy atom.